The number of carbonyl (C=O) groups excluding carboxylic acids is 1. The van der Waals surface area contributed by atoms with Crippen LogP contribution in [0.2, 0.25) is 5.02 Å². The summed E-state index contributed by atoms with van der Waals surface area (Å²) in [4.78, 5) is 15.0. The fourth-order valence-corrected chi connectivity index (χ4v) is 1.91. The number of rotatable bonds is 2. The summed E-state index contributed by atoms with van der Waals surface area (Å²) in [6.07, 6.45) is -4.67. The lowest BCUT2D eigenvalue weighted by Gasteiger charge is -1.98. The summed E-state index contributed by atoms with van der Waals surface area (Å²) in [5.74, 6) is -2.69. The molecule has 0 fully saturated rings. The molecule has 6 nitrogen and oxygen atoms in total. The Bertz CT molecular complexity index is 856. The standard InChI is InChI=1S/C12H6ClF3N4O2/c13-6-1-2-7-5(3-6)4-8(22-7)9(21)17-11-18-10(19-20-11)12(14,15)16/h1-4H,(H2,17,18,19,20,21). The van der Waals surface area contributed by atoms with E-state index in [2.05, 4.69) is 15.4 Å². The van der Waals surface area contributed by atoms with Crippen molar-refractivity contribution in [3.63, 3.8) is 0 Å². The monoisotopic (exact) mass is 330 g/mol. The number of fused-ring (bicyclic) bond motifs is 1. The van der Waals surface area contributed by atoms with Crippen molar-refractivity contribution < 1.29 is 22.4 Å². The molecule has 1 aromatic carbocycles. The van der Waals surface area contributed by atoms with Crippen LogP contribution in [-0.4, -0.2) is 21.1 Å². The number of anilines is 1. The number of hydrogen-bond donors (Lipinski definition) is 2. The van der Waals surface area contributed by atoms with Crippen LogP contribution in [0.25, 0.3) is 11.0 Å². The highest BCUT2D eigenvalue weighted by Gasteiger charge is 2.35. The van der Waals surface area contributed by atoms with Gasteiger partial charge in [0.2, 0.25) is 11.8 Å². The SMILES string of the molecule is O=C(Nc1n[nH]c(C(F)(F)F)n1)c1cc2cc(Cl)ccc2o1. The first-order valence-corrected chi connectivity index (χ1v) is 6.21. The Labute approximate surface area is 125 Å². The molecule has 2 heterocycles. The van der Waals surface area contributed by atoms with Gasteiger partial charge in [-0.1, -0.05) is 11.6 Å². The number of aromatic amines is 1. The summed E-state index contributed by atoms with van der Waals surface area (Å²) in [7, 11) is 0. The summed E-state index contributed by atoms with van der Waals surface area (Å²) in [5.41, 5.74) is 0.417. The molecule has 0 atom stereocenters. The number of alkyl halides is 3. The number of nitrogens with one attached hydrogen (secondary N) is 2. The number of halogens is 4. The minimum Gasteiger partial charge on any atom is -0.451 e. The van der Waals surface area contributed by atoms with Gasteiger partial charge in [0, 0.05) is 10.4 Å². The number of aromatic nitrogens is 3. The number of carbonyl (C=O) groups is 1. The Balaban J connectivity index is 1.82. The first kappa shape index (κ1) is 14.4. The van der Waals surface area contributed by atoms with Crippen LogP contribution >= 0.6 is 11.6 Å². The summed E-state index contributed by atoms with van der Waals surface area (Å²) in [6.45, 7) is 0. The average Bonchev–Trinajstić information content (AvgIpc) is 3.03. The molecule has 2 N–H and O–H groups in total. The van der Waals surface area contributed by atoms with Crippen molar-refractivity contribution >= 4 is 34.4 Å². The van der Waals surface area contributed by atoms with Crippen LogP contribution in [0, 0.1) is 0 Å². The molecule has 10 heteroatoms. The first-order valence-electron chi connectivity index (χ1n) is 5.83. The summed E-state index contributed by atoms with van der Waals surface area (Å²) >= 11 is 5.81. The van der Waals surface area contributed by atoms with Crippen LogP contribution in [0.1, 0.15) is 16.4 Å². The summed E-state index contributed by atoms with van der Waals surface area (Å²) in [6, 6.07) is 6.16. The van der Waals surface area contributed by atoms with Gasteiger partial charge in [-0.25, -0.2) is 0 Å². The Morgan fingerprint density at radius 2 is 2.09 bits per heavy atom. The molecule has 0 bridgehead atoms. The molecule has 0 saturated carbocycles. The second-order valence-electron chi connectivity index (χ2n) is 4.25. The third kappa shape index (κ3) is 2.75. The molecule has 0 spiro atoms. The molecule has 0 aliphatic carbocycles. The van der Waals surface area contributed by atoms with Crippen LogP contribution in [-0.2, 0) is 6.18 Å². The lowest BCUT2D eigenvalue weighted by atomic mass is 10.2. The summed E-state index contributed by atoms with van der Waals surface area (Å²) in [5, 5.41) is 8.11. The molecule has 114 valence electrons. The number of benzene rings is 1. The fraction of sp³-hybridized carbons (Fsp3) is 0.0833. The molecule has 0 unspecified atom stereocenters. The van der Waals surface area contributed by atoms with E-state index in [1.807, 2.05) is 0 Å². The topological polar surface area (TPSA) is 83.8 Å². The first-order chi connectivity index (χ1) is 10.3. The Morgan fingerprint density at radius 3 is 2.77 bits per heavy atom. The van der Waals surface area contributed by atoms with E-state index in [9.17, 15) is 18.0 Å². The highest BCUT2D eigenvalue weighted by molar-refractivity contribution is 6.31. The Kier molecular flexibility index (Phi) is 3.28. The van der Waals surface area contributed by atoms with Crippen LogP contribution in [0.15, 0.2) is 28.7 Å². The van der Waals surface area contributed by atoms with Crippen molar-refractivity contribution in [1.82, 2.24) is 15.2 Å². The predicted molar refractivity (Wildman–Crippen MR) is 70.6 cm³/mol. The maximum absolute atomic E-state index is 12.4. The van der Waals surface area contributed by atoms with Gasteiger partial charge in [-0.05, 0) is 24.3 Å². The zero-order valence-corrected chi connectivity index (χ0v) is 11.3. The zero-order valence-electron chi connectivity index (χ0n) is 10.5. The highest BCUT2D eigenvalue weighted by Crippen LogP contribution is 2.27. The second-order valence-corrected chi connectivity index (χ2v) is 4.69. The zero-order chi connectivity index (χ0) is 15.9. The van der Waals surface area contributed by atoms with Crippen molar-refractivity contribution in [3.05, 3.63) is 40.9 Å². The molecule has 0 aliphatic heterocycles. The third-order valence-electron chi connectivity index (χ3n) is 2.68. The van der Waals surface area contributed by atoms with E-state index < -0.39 is 23.9 Å². The van der Waals surface area contributed by atoms with Crippen LogP contribution in [0.3, 0.4) is 0 Å². The van der Waals surface area contributed by atoms with Gasteiger partial charge in [0.15, 0.2) is 5.76 Å². The number of H-pyrrole nitrogens is 1. The van der Waals surface area contributed by atoms with E-state index in [0.29, 0.717) is 16.0 Å². The number of amides is 1. The van der Waals surface area contributed by atoms with Crippen molar-refractivity contribution in [2.45, 2.75) is 6.18 Å². The highest BCUT2D eigenvalue weighted by atomic mass is 35.5. The molecule has 3 rings (SSSR count). The molecule has 1 amide bonds. The van der Waals surface area contributed by atoms with Crippen LogP contribution in [0.4, 0.5) is 19.1 Å². The third-order valence-corrected chi connectivity index (χ3v) is 2.92. The van der Waals surface area contributed by atoms with Crippen molar-refractivity contribution in [3.8, 4) is 0 Å². The minimum atomic E-state index is -4.67. The van der Waals surface area contributed by atoms with E-state index in [-0.39, 0.29) is 5.76 Å². The van der Waals surface area contributed by atoms with Crippen LogP contribution in [0.5, 0.6) is 0 Å². The molecular weight excluding hydrogens is 325 g/mol. The number of furan rings is 1. The van der Waals surface area contributed by atoms with E-state index in [1.54, 1.807) is 23.3 Å². The van der Waals surface area contributed by atoms with Gasteiger partial charge >= 0.3 is 6.18 Å². The van der Waals surface area contributed by atoms with Crippen molar-refractivity contribution in [2.75, 3.05) is 5.32 Å². The maximum atomic E-state index is 12.4. The van der Waals surface area contributed by atoms with Gasteiger partial charge in [-0.15, -0.1) is 5.10 Å². The van der Waals surface area contributed by atoms with E-state index in [0.717, 1.165) is 0 Å². The lowest BCUT2D eigenvalue weighted by molar-refractivity contribution is -0.144. The van der Waals surface area contributed by atoms with Gasteiger partial charge in [-0.3, -0.25) is 15.2 Å². The molecular formula is C12H6ClF3N4O2. The Morgan fingerprint density at radius 1 is 1.32 bits per heavy atom. The molecule has 3 aromatic rings. The molecule has 22 heavy (non-hydrogen) atoms. The Hall–Kier alpha value is -2.55. The van der Waals surface area contributed by atoms with Gasteiger partial charge in [0.25, 0.3) is 5.91 Å². The summed E-state index contributed by atoms with van der Waals surface area (Å²) < 4.78 is 42.4. The van der Waals surface area contributed by atoms with E-state index in [4.69, 9.17) is 16.0 Å². The lowest BCUT2D eigenvalue weighted by Crippen LogP contribution is -2.12. The molecule has 0 radical (unpaired) electrons. The van der Waals surface area contributed by atoms with Crippen molar-refractivity contribution in [1.29, 1.82) is 0 Å². The van der Waals surface area contributed by atoms with E-state index in [1.165, 1.54) is 6.07 Å². The predicted octanol–water partition coefficient (Wildman–Crippen LogP) is 3.48. The fourth-order valence-electron chi connectivity index (χ4n) is 1.73. The second kappa shape index (κ2) is 5.02. The largest absolute Gasteiger partial charge is 0.451 e. The quantitative estimate of drug-likeness (QED) is 0.753. The van der Waals surface area contributed by atoms with Gasteiger partial charge in [0.1, 0.15) is 5.58 Å². The van der Waals surface area contributed by atoms with Crippen molar-refractivity contribution in [2.24, 2.45) is 0 Å². The maximum Gasteiger partial charge on any atom is 0.451 e. The number of nitrogens with zero attached hydrogens (tertiary/aromatic N) is 2. The molecule has 0 saturated heterocycles. The van der Waals surface area contributed by atoms with Gasteiger partial charge < -0.3 is 4.42 Å². The van der Waals surface area contributed by atoms with Gasteiger partial charge in [0.05, 0.1) is 0 Å². The number of hydrogen-bond acceptors (Lipinski definition) is 4. The molecule has 0 aliphatic rings. The normalized spacial score (nSPS) is 11.8. The van der Waals surface area contributed by atoms with Crippen LogP contribution < -0.4 is 5.32 Å². The average molecular weight is 331 g/mol. The molecule has 2 aromatic heterocycles. The van der Waals surface area contributed by atoms with Gasteiger partial charge in [-0.2, -0.15) is 18.2 Å². The minimum absolute atomic E-state index is 0.101. The smallest absolute Gasteiger partial charge is 0.451 e. The van der Waals surface area contributed by atoms with E-state index >= 15 is 0 Å².